The molecule has 5 aromatic heterocycles. The fraction of sp³-hybridized carbons (Fsp3) is 0.0286. The summed E-state index contributed by atoms with van der Waals surface area (Å²) in [7, 11) is 0. The molecular formula is C70H49N5O2S. The molecule has 0 amide bonds. The van der Waals surface area contributed by atoms with Crippen molar-refractivity contribution in [1.82, 2.24) is 9.13 Å². The monoisotopic (exact) mass is 1020 g/mol. The first-order valence-electron chi connectivity index (χ1n) is 26.0. The average Bonchev–Trinajstić information content (AvgIpc) is 4.50. The van der Waals surface area contributed by atoms with Crippen LogP contribution >= 0.6 is 11.3 Å². The third-order valence-electron chi connectivity index (χ3n) is 15.1. The third kappa shape index (κ3) is 7.40. The van der Waals surface area contributed by atoms with Crippen LogP contribution in [0.3, 0.4) is 0 Å². The second-order valence-corrected chi connectivity index (χ2v) is 20.7. The molecule has 15 aromatic rings. The Labute approximate surface area is 452 Å². The summed E-state index contributed by atoms with van der Waals surface area (Å²) in [5.74, 6) is 0.386. The van der Waals surface area contributed by atoms with Crippen molar-refractivity contribution in [1.29, 1.82) is 5.41 Å². The number of aryl methyl sites for hydroxylation is 1. The molecule has 8 heteroatoms. The number of allylic oxidation sites excluding steroid dienone is 1. The van der Waals surface area contributed by atoms with Crippen molar-refractivity contribution >= 4 is 133 Å². The van der Waals surface area contributed by atoms with Crippen molar-refractivity contribution < 1.29 is 8.83 Å². The van der Waals surface area contributed by atoms with Crippen LogP contribution in [-0.4, -0.2) is 20.9 Å². The molecule has 0 atom stereocenters. The maximum Gasteiger partial charge on any atom is 0.207 e. The lowest BCUT2D eigenvalue weighted by Crippen LogP contribution is -2.24. The van der Waals surface area contributed by atoms with Crippen LogP contribution in [0, 0.1) is 12.3 Å². The third-order valence-corrected chi connectivity index (χ3v) is 16.3. The van der Waals surface area contributed by atoms with E-state index in [2.05, 4.69) is 188 Å². The van der Waals surface area contributed by atoms with Crippen LogP contribution in [0.25, 0.3) is 138 Å². The number of hydrogen-bond acceptors (Lipinski definition) is 4. The van der Waals surface area contributed by atoms with Crippen LogP contribution < -0.4 is 5.73 Å². The molecule has 372 valence electrons. The van der Waals surface area contributed by atoms with Gasteiger partial charge in [-0.05, 0) is 102 Å². The molecule has 0 aliphatic rings. The highest BCUT2D eigenvalue weighted by Crippen LogP contribution is 2.45. The molecule has 5 heterocycles. The number of thiophene rings is 1. The number of aromatic nitrogens is 2. The zero-order chi connectivity index (χ0) is 52.6. The van der Waals surface area contributed by atoms with Gasteiger partial charge in [0.1, 0.15) is 22.3 Å². The van der Waals surface area contributed by atoms with Gasteiger partial charge < -0.3 is 19.1 Å². The quantitative estimate of drug-likeness (QED) is 0.128. The van der Waals surface area contributed by atoms with E-state index in [1.54, 1.807) is 11.3 Å². The zero-order valence-corrected chi connectivity index (χ0v) is 43.6. The van der Waals surface area contributed by atoms with Gasteiger partial charge in [0.15, 0.2) is 5.84 Å². The molecule has 0 bridgehead atoms. The summed E-state index contributed by atoms with van der Waals surface area (Å²) in [6.07, 6.45) is 6.21. The summed E-state index contributed by atoms with van der Waals surface area (Å²) in [4.78, 5) is 5.78. The Morgan fingerprint density at radius 3 is 1.97 bits per heavy atom. The van der Waals surface area contributed by atoms with E-state index in [4.69, 9.17) is 20.0 Å². The van der Waals surface area contributed by atoms with Gasteiger partial charge in [-0.15, -0.1) is 11.3 Å². The van der Waals surface area contributed by atoms with E-state index in [1.165, 1.54) is 36.9 Å². The van der Waals surface area contributed by atoms with Gasteiger partial charge in [0.05, 0.1) is 22.1 Å². The summed E-state index contributed by atoms with van der Waals surface area (Å²) in [5, 5.41) is 18.9. The predicted molar refractivity (Wildman–Crippen MR) is 331 cm³/mol. The van der Waals surface area contributed by atoms with E-state index in [9.17, 15) is 0 Å². The maximum atomic E-state index is 8.62. The number of nitrogens with two attached hydrogens (primary N) is 1. The van der Waals surface area contributed by atoms with Crippen LogP contribution in [0.1, 0.15) is 28.5 Å². The lowest BCUT2D eigenvalue weighted by atomic mass is 9.93. The van der Waals surface area contributed by atoms with Crippen molar-refractivity contribution in [2.24, 2.45) is 10.7 Å². The maximum absolute atomic E-state index is 8.62. The fourth-order valence-electron chi connectivity index (χ4n) is 11.7. The molecule has 3 N–H and O–H groups in total. The highest BCUT2D eigenvalue weighted by molar-refractivity contribution is 7.20. The average molecular weight is 1020 g/mol. The first-order valence-corrected chi connectivity index (χ1v) is 26.9. The van der Waals surface area contributed by atoms with Gasteiger partial charge in [0.25, 0.3) is 0 Å². The van der Waals surface area contributed by atoms with E-state index in [-0.39, 0.29) is 11.8 Å². The number of hydrogen-bond donors (Lipinski definition) is 2. The lowest BCUT2D eigenvalue weighted by Gasteiger charge is -2.12. The van der Waals surface area contributed by atoms with Crippen molar-refractivity contribution in [2.75, 3.05) is 0 Å². The molecule has 15 rings (SSSR count). The molecule has 0 aliphatic heterocycles. The first kappa shape index (κ1) is 46.5. The van der Waals surface area contributed by atoms with Crippen LogP contribution in [0.15, 0.2) is 239 Å². The number of benzene rings is 10. The molecule has 0 unspecified atom stereocenters. The summed E-state index contributed by atoms with van der Waals surface area (Å²) < 4.78 is 18.4. The fourth-order valence-corrected chi connectivity index (χ4v) is 12.8. The van der Waals surface area contributed by atoms with Crippen molar-refractivity contribution in [3.63, 3.8) is 0 Å². The second-order valence-electron chi connectivity index (χ2n) is 19.6. The number of furan rings is 2. The van der Waals surface area contributed by atoms with Crippen molar-refractivity contribution in [3.8, 4) is 27.9 Å². The van der Waals surface area contributed by atoms with Gasteiger partial charge >= 0.3 is 0 Å². The Morgan fingerprint density at radius 1 is 0.564 bits per heavy atom. The highest BCUT2D eigenvalue weighted by atomic mass is 32.1. The number of aliphatic imine (C=N–C) groups is 1. The Bertz CT molecular complexity index is 4990. The van der Waals surface area contributed by atoms with Gasteiger partial charge in [0, 0.05) is 74.9 Å². The zero-order valence-electron chi connectivity index (χ0n) is 42.8. The SMILES string of the molecule is C=Cc1sc2cc(-c3ccc(-c4ccc5oc6cccc(C)c6c5c4)c4c3oc3ccccc34)ccc2c1/C=C\C.N=C(N=C(N)n1c2ccccc2c2ccc3c4ccccc4n(-c4ccccc4)c3c21)c1ccccc1. The highest BCUT2D eigenvalue weighted by Gasteiger charge is 2.23. The summed E-state index contributed by atoms with van der Waals surface area (Å²) >= 11 is 1.78. The Hall–Kier alpha value is -10.0. The molecule has 0 radical (unpaired) electrons. The van der Waals surface area contributed by atoms with Crippen molar-refractivity contribution in [3.05, 3.63) is 247 Å². The Morgan fingerprint density at radius 2 is 1.19 bits per heavy atom. The molecule has 0 saturated heterocycles. The molecule has 0 spiro atoms. The summed E-state index contributed by atoms with van der Waals surface area (Å²) in [6, 6.07) is 73.2. The molecule has 78 heavy (non-hydrogen) atoms. The number of para-hydroxylation sites is 4. The van der Waals surface area contributed by atoms with Gasteiger partial charge in [-0.3, -0.25) is 9.98 Å². The van der Waals surface area contributed by atoms with Crippen molar-refractivity contribution in [2.45, 2.75) is 13.8 Å². The minimum atomic E-state index is 0.125. The molecule has 0 fully saturated rings. The number of amidine groups is 1. The summed E-state index contributed by atoms with van der Waals surface area (Å²) in [6.45, 7) is 8.24. The minimum Gasteiger partial charge on any atom is -0.456 e. The molecule has 0 saturated carbocycles. The van der Waals surface area contributed by atoms with Crippen LogP contribution in [0.5, 0.6) is 0 Å². The molecule has 0 aliphatic carbocycles. The number of nitrogens with zero attached hydrogens (tertiary/aromatic N) is 3. The first-order chi connectivity index (χ1) is 38.4. The van der Waals surface area contributed by atoms with Gasteiger partial charge in [-0.25, -0.2) is 0 Å². The van der Waals surface area contributed by atoms with Gasteiger partial charge in [-0.1, -0.05) is 176 Å². The van der Waals surface area contributed by atoms with Crippen LogP contribution in [0.2, 0.25) is 0 Å². The van der Waals surface area contributed by atoms with Gasteiger partial charge in [0.2, 0.25) is 5.96 Å². The van der Waals surface area contributed by atoms with E-state index in [0.717, 1.165) is 110 Å². The van der Waals surface area contributed by atoms with Gasteiger partial charge in [-0.2, -0.15) is 4.99 Å². The largest absolute Gasteiger partial charge is 0.456 e. The lowest BCUT2D eigenvalue weighted by molar-refractivity contribution is 0.669. The van der Waals surface area contributed by atoms with Crippen LogP contribution in [0.4, 0.5) is 0 Å². The molecule has 10 aromatic carbocycles. The normalized spacial score (nSPS) is 12.2. The molecular weight excluding hydrogens is 975 g/mol. The van der Waals surface area contributed by atoms with E-state index < -0.39 is 0 Å². The standard InChI is InChI=1S/C38H26O2S.C32H23N5/c1-4-9-27-28-16-14-24(21-35(28)41-34(27)5-2)26-18-17-25(37-29-11-6-7-12-31(29)40-38(26)37)23-15-19-32-30(20-23)36-22(3)10-8-13-33(36)39-32;33-31(21-11-3-1-4-12-21)35-32(34)37-28-18-10-8-16-24(28)26-20-19-25-23-15-7-9-17-27(23)36(29(25)30(26)37)22-13-5-2-6-14-22/h4-21H,2H2,1,3H3;1-20H,(H3,33,34,35)/b9-4-;. The second kappa shape index (κ2) is 18.7. The number of nitrogens with one attached hydrogen (secondary N) is 1. The number of fused-ring (bicyclic) bond motifs is 14. The predicted octanol–water partition coefficient (Wildman–Crippen LogP) is 19.1. The Kier molecular flexibility index (Phi) is 11.1. The summed E-state index contributed by atoms with van der Waals surface area (Å²) in [5.41, 5.74) is 23.3. The van der Waals surface area contributed by atoms with Crippen LogP contribution in [-0.2, 0) is 0 Å². The van der Waals surface area contributed by atoms with E-state index in [1.807, 2.05) is 77.4 Å². The Balaban J connectivity index is 0.000000142. The number of rotatable bonds is 6. The van der Waals surface area contributed by atoms with E-state index in [0.29, 0.717) is 0 Å². The molecule has 7 nitrogen and oxygen atoms in total. The topological polar surface area (TPSA) is 98.4 Å². The van der Waals surface area contributed by atoms with E-state index >= 15 is 0 Å². The minimum absolute atomic E-state index is 0.125. The smallest absolute Gasteiger partial charge is 0.207 e.